The van der Waals surface area contributed by atoms with Crippen molar-refractivity contribution in [2.45, 2.75) is 9.79 Å². The maximum Gasteiger partial charge on any atom is 0.206 e. The highest BCUT2D eigenvalue weighted by atomic mass is 32.2. The number of hydrogen-bond donors (Lipinski definition) is 0. The summed E-state index contributed by atoms with van der Waals surface area (Å²) in [6.07, 6.45) is 3.50. The molecule has 0 atom stereocenters. The predicted octanol–water partition coefficient (Wildman–Crippen LogP) is 6.02. The first kappa shape index (κ1) is 20.4. The second-order valence-electron chi connectivity index (χ2n) is 6.83. The Hall–Kier alpha value is -3.83. The largest absolute Gasteiger partial charge is 0.256 e. The highest BCUT2D eigenvalue weighted by molar-refractivity contribution is 7.91. The first-order valence-electron chi connectivity index (χ1n) is 9.75. The Morgan fingerprint density at radius 2 is 0.839 bits per heavy atom. The maximum absolute atomic E-state index is 12.9. The van der Waals surface area contributed by atoms with Crippen molar-refractivity contribution in [3.05, 3.63) is 120 Å². The van der Waals surface area contributed by atoms with Crippen LogP contribution in [-0.4, -0.2) is 20.8 Å². The topological polar surface area (TPSA) is 58.9 Å². The molecule has 0 unspecified atom stereocenters. The molecule has 0 saturated heterocycles. The van der Waals surface area contributed by atoms with Crippen molar-refractivity contribution >= 4 is 33.6 Å². The molecular formula is C26H20N2O2S. The van der Waals surface area contributed by atoms with E-state index in [0.29, 0.717) is 11.4 Å². The number of aliphatic imine (C=N–C) groups is 2. The molecule has 4 nitrogen and oxygen atoms in total. The number of rotatable bonds is 6. The fraction of sp³-hybridized carbons (Fsp3) is 0. The van der Waals surface area contributed by atoms with Gasteiger partial charge in [0.1, 0.15) is 0 Å². The van der Waals surface area contributed by atoms with Crippen LogP contribution in [0.15, 0.2) is 129 Å². The average molecular weight is 425 g/mol. The summed E-state index contributed by atoms with van der Waals surface area (Å²) in [5.74, 6) is 0. The SMILES string of the molecule is O=S(=O)(c1ccc(N=Cc2ccccc2)cc1)c1ccc(N=Cc2ccccc2)cc1. The standard InChI is InChI=1S/C26H20N2O2S/c29-31(30,25-15-11-23(12-16-25)27-19-21-7-3-1-4-8-21)26-17-13-24(14-18-26)28-20-22-9-5-2-6-10-22/h1-20H. The van der Waals surface area contributed by atoms with Gasteiger partial charge in [0.15, 0.2) is 0 Å². The molecule has 31 heavy (non-hydrogen) atoms. The van der Waals surface area contributed by atoms with E-state index in [0.717, 1.165) is 11.1 Å². The van der Waals surface area contributed by atoms with E-state index in [1.54, 1.807) is 61.0 Å². The molecule has 0 spiro atoms. The number of nitrogens with zero attached hydrogens (tertiary/aromatic N) is 2. The van der Waals surface area contributed by atoms with Crippen molar-refractivity contribution in [2.24, 2.45) is 9.98 Å². The van der Waals surface area contributed by atoms with Gasteiger partial charge in [-0.05, 0) is 59.7 Å². The first-order chi connectivity index (χ1) is 15.1. The second-order valence-corrected chi connectivity index (χ2v) is 8.78. The van der Waals surface area contributed by atoms with Crippen LogP contribution in [0.2, 0.25) is 0 Å². The summed E-state index contributed by atoms with van der Waals surface area (Å²) in [6.45, 7) is 0. The van der Waals surface area contributed by atoms with Gasteiger partial charge in [-0.15, -0.1) is 0 Å². The van der Waals surface area contributed by atoms with E-state index in [1.165, 1.54) is 0 Å². The van der Waals surface area contributed by atoms with Gasteiger partial charge in [0.25, 0.3) is 0 Å². The van der Waals surface area contributed by atoms with Gasteiger partial charge >= 0.3 is 0 Å². The number of benzene rings is 4. The molecule has 4 rings (SSSR count). The van der Waals surface area contributed by atoms with Gasteiger partial charge < -0.3 is 0 Å². The van der Waals surface area contributed by atoms with E-state index in [4.69, 9.17) is 0 Å². The Bertz CT molecular complexity index is 1200. The molecule has 0 aromatic heterocycles. The molecule has 0 bridgehead atoms. The molecule has 0 radical (unpaired) electrons. The molecule has 0 amide bonds. The van der Waals surface area contributed by atoms with Crippen LogP contribution in [-0.2, 0) is 9.84 Å². The second kappa shape index (κ2) is 9.32. The van der Waals surface area contributed by atoms with Crippen LogP contribution >= 0.6 is 0 Å². The van der Waals surface area contributed by atoms with E-state index in [-0.39, 0.29) is 9.79 Å². The van der Waals surface area contributed by atoms with Crippen molar-refractivity contribution in [3.8, 4) is 0 Å². The number of hydrogen-bond acceptors (Lipinski definition) is 4. The van der Waals surface area contributed by atoms with Crippen LogP contribution in [0, 0.1) is 0 Å². The van der Waals surface area contributed by atoms with E-state index >= 15 is 0 Å². The molecule has 5 heteroatoms. The molecule has 4 aromatic rings. The van der Waals surface area contributed by atoms with Crippen molar-refractivity contribution in [2.75, 3.05) is 0 Å². The molecule has 0 heterocycles. The molecule has 0 aliphatic heterocycles. The highest BCUT2D eigenvalue weighted by Crippen LogP contribution is 2.25. The summed E-state index contributed by atoms with van der Waals surface area (Å²) in [5.41, 5.74) is 3.34. The minimum atomic E-state index is -3.61. The lowest BCUT2D eigenvalue weighted by atomic mass is 10.2. The monoisotopic (exact) mass is 424 g/mol. The molecule has 0 aliphatic rings. The van der Waals surface area contributed by atoms with Crippen molar-refractivity contribution in [3.63, 3.8) is 0 Å². The molecule has 0 fully saturated rings. The Labute approximate surface area is 182 Å². The van der Waals surface area contributed by atoms with Crippen molar-refractivity contribution in [1.82, 2.24) is 0 Å². The molecule has 0 N–H and O–H groups in total. The third-order valence-electron chi connectivity index (χ3n) is 4.62. The average Bonchev–Trinajstić information content (AvgIpc) is 2.83. The maximum atomic E-state index is 12.9. The minimum Gasteiger partial charge on any atom is -0.256 e. The zero-order chi connectivity index (χ0) is 21.5. The van der Waals surface area contributed by atoms with Crippen LogP contribution in [0.25, 0.3) is 0 Å². The number of sulfone groups is 1. The summed E-state index contributed by atoms with van der Waals surface area (Å²) >= 11 is 0. The van der Waals surface area contributed by atoms with Gasteiger partial charge in [0.05, 0.1) is 21.2 Å². The third kappa shape index (κ3) is 5.21. The molecule has 4 aromatic carbocycles. The Kier molecular flexibility index (Phi) is 6.15. The van der Waals surface area contributed by atoms with Crippen LogP contribution in [0.4, 0.5) is 11.4 Å². The van der Waals surface area contributed by atoms with Gasteiger partial charge in [-0.25, -0.2) is 8.42 Å². The van der Waals surface area contributed by atoms with Gasteiger partial charge in [-0.1, -0.05) is 60.7 Å². The van der Waals surface area contributed by atoms with Crippen molar-refractivity contribution < 1.29 is 8.42 Å². The smallest absolute Gasteiger partial charge is 0.206 e. The fourth-order valence-electron chi connectivity index (χ4n) is 2.94. The van der Waals surface area contributed by atoms with Gasteiger partial charge in [0.2, 0.25) is 9.84 Å². The summed E-state index contributed by atoms with van der Waals surface area (Å²) in [5, 5.41) is 0. The van der Waals surface area contributed by atoms with Crippen LogP contribution in [0.1, 0.15) is 11.1 Å². The fourth-order valence-corrected chi connectivity index (χ4v) is 4.20. The summed E-state index contributed by atoms with van der Waals surface area (Å²) < 4.78 is 25.9. The highest BCUT2D eigenvalue weighted by Gasteiger charge is 2.17. The van der Waals surface area contributed by atoms with E-state index in [9.17, 15) is 8.42 Å². The third-order valence-corrected chi connectivity index (χ3v) is 6.40. The van der Waals surface area contributed by atoms with Crippen molar-refractivity contribution in [1.29, 1.82) is 0 Å². The van der Waals surface area contributed by atoms with Crippen LogP contribution in [0.5, 0.6) is 0 Å². The lowest BCUT2D eigenvalue weighted by molar-refractivity contribution is 0.596. The predicted molar refractivity (Wildman–Crippen MR) is 126 cm³/mol. The van der Waals surface area contributed by atoms with Gasteiger partial charge in [-0.2, -0.15) is 0 Å². The zero-order valence-corrected chi connectivity index (χ0v) is 17.5. The molecule has 0 saturated carbocycles. The Morgan fingerprint density at radius 3 is 1.19 bits per heavy atom. The quantitative estimate of drug-likeness (QED) is 0.355. The van der Waals surface area contributed by atoms with Crippen LogP contribution < -0.4 is 0 Å². The van der Waals surface area contributed by atoms with Gasteiger partial charge in [0, 0.05) is 12.4 Å². The first-order valence-corrected chi connectivity index (χ1v) is 11.2. The van der Waals surface area contributed by atoms with E-state index < -0.39 is 9.84 Å². The zero-order valence-electron chi connectivity index (χ0n) is 16.7. The Morgan fingerprint density at radius 1 is 0.484 bits per heavy atom. The summed E-state index contributed by atoms with van der Waals surface area (Å²) in [4.78, 5) is 9.24. The molecule has 0 aliphatic carbocycles. The molecular weight excluding hydrogens is 404 g/mol. The summed E-state index contributed by atoms with van der Waals surface area (Å²) in [6, 6.07) is 32.6. The van der Waals surface area contributed by atoms with E-state index in [1.807, 2.05) is 60.7 Å². The lowest BCUT2D eigenvalue weighted by Gasteiger charge is -2.05. The minimum absolute atomic E-state index is 0.228. The lowest BCUT2D eigenvalue weighted by Crippen LogP contribution is -2.01. The Balaban J connectivity index is 1.49. The summed E-state index contributed by atoms with van der Waals surface area (Å²) in [7, 11) is -3.61. The normalized spacial score (nSPS) is 11.9. The van der Waals surface area contributed by atoms with Gasteiger partial charge in [-0.3, -0.25) is 9.98 Å². The van der Waals surface area contributed by atoms with E-state index in [2.05, 4.69) is 9.98 Å². The van der Waals surface area contributed by atoms with Crippen LogP contribution in [0.3, 0.4) is 0 Å². The molecule has 152 valence electrons.